The van der Waals surface area contributed by atoms with E-state index in [9.17, 15) is 4.79 Å². The number of carbonyl (C=O) groups excluding carboxylic acids is 1. The molecule has 0 fully saturated rings. The summed E-state index contributed by atoms with van der Waals surface area (Å²) >= 11 is 0. The summed E-state index contributed by atoms with van der Waals surface area (Å²) < 4.78 is 5.14. The number of nitrogens with two attached hydrogens (primary N) is 1. The third-order valence-electron chi connectivity index (χ3n) is 3.82. The maximum Gasteiger partial charge on any atom is 0.226 e. The molecule has 0 aromatic carbocycles. The summed E-state index contributed by atoms with van der Waals surface area (Å²) in [5, 5.41) is 6.80. The van der Waals surface area contributed by atoms with Crippen molar-refractivity contribution in [2.24, 2.45) is 5.73 Å². The Morgan fingerprint density at radius 1 is 1.27 bits per heavy atom. The van der Waals surface area contributed by atoms with Crippen LogP contribution in [0.25, 0.3) is 0 Å². The van der Waals surface area contributed by atoms with Gasteiger partial charge in [-0.25, -0.2) is 0 Å². The summed E-state index contributed by atoms with van der Waals surface area (Å²) in [6.07, 6.45) is 5.33. The van der Waals surface area contributed by atoms with Crippen molar-refractivity contribution in [2.75, 3.05) is 6.54 Å². The number of aryl methyl sites for hydroxylation is 2. The lowest BCUT2D eigenvalue weighted by atomic mass is 9.94. The number of halogens is 1. The number of aromatic nitrogens is 2. The Balaban J connectivity index is 0.00000441. The number of hydrogen-bond acceptors (Lipinski definition) is 5. The predicted octanol–water partition coefficient (Wildman–Crippen LogP) is 2.40. The first kappa shape index (κ1) is 20.9. The van der Waals surface area contributed by atoms with E-state index in [2.05, 4.69) is 22.4 Å². The molecule has 0 spiro atoms. The first-order valence-corrected chi connectivity index (χ1v) is 7.90. The predicted molar refractivity (Wildman–Crippen MR) is 89.0 cm³/mol. The van der Waals surface area contributed by atoms with Crippen LogP contribution in [0.2, 0.25) is 0 Å². The molecule has 0 radical (unpaired) electrons. The zero-order valence-corrected chi connectivity index (χ0v) is 14.7. The van der Waals surface area contributed by atoms with Crippen LogP contribution < -0.4 is 11.1 Å². The van der Waals surface area contributed by atoms with Crippen LogP contribution in [-0.4, -0.2) is 28.1 Å². The molecule has 0 aliphatic carbocycles. The summed E-state index contributed by atoms with van der Waals surface area (Å²) in [5.74, 6) is 1.39. The fraction of sp³-hybridized carbons (Fsp3) is 0.800. The van der Waals surface area contributed by atoms with E-state index < -0.39 is 0 Å². The third-order valence-corrected chi connectivity index (χ3v) is 3.82. The quantitative estimate of drug-likeness (QED) is 0.686. The van der Waals surface area contributed by atoms with Gasteiger partial charge in [-0.2, -0.15) is 4.98 Å². The first-order valence-electron chi connectivity index (χ1n) is 7.90. The van der Waals surface area contributed by atoms with Gasteiger partial charge in [0, 0.05) is 31.3 Å². The largest absolute Gasteiger partial charge is 0.354 e. The van der Waals surface area contributed by atoms with Crippen LogP contribution in [0.15, 0.2) is 4.52 Å². The van der Waals surface area contributed by atoms with E-state index in [1.54, 1.807) is 0 Å². The Morgan fingerprint density at radius 3 is 2.55 bits per heavy atom. The van der Waals surface area contributed by atoms with E-state index in [4.69, 9.17) is 10.3 Å². The van der Waals surface area contributed by atoms with E-state index in [1.165, 1.54) is 0 Å². The summed E-state index contributed by atoms with van der Waals surface area (Å²) in [4.78, 5) is 16.1. The maximum atomic E-state index is 11.8. The van der Waals surface area contributed by atoms with Gasteiger partial charge in [-0.3, -0.25) is 4.79 Å². The van der Waals surface area contributed by atoms with Gasteiger partial charge in [-0.1, -0.05) is 25.9 Å². The average molecular weight is 333 g/mol. The van der Waals surface area contributed by atoms with E-state index in [1.807, 2.05) is 13.8 Å². The Morgan fingerprint density at radius 2 is 1.95 bits per heavy atom. The number of nitrogens with one attached hydrogen (secondary N) is 1. The van der Waals surface area contributed by atoms with Gasteiger partial charge in [-0.15, -0.1) is 12.4 Å². The Kier molecular flexibility index (Phi) is 10.0. The molecular weight excluding hydrogens is 304 g/mol. The zero-order valence-electron chi connectivity index (χ0n) is 13.9. The monoisotopic (exact) mass is 332 g/mol. The Labute approximate surface area is 139 Å². The maximum absolute atomic E-state index is 11.8. The van der Waals surface area contributed by atoms with E-state index in [0.29, 0.717) is 31.7 Å². The molecule has 1 amide bonds. The van der Waals surface area contributed by atoms with E-state index in [-0.39, 0.29) is 23.9 Å². The van der Waals surface area contributed by atoms with Crippen LogP contribution in [0.1, 0.15) is 64.6 Å². The van der Waals surface area contributed by atoms with Gasteiger partial charge in [0.05, 0.1) is 0 Å². The van der Waals surface area contributed by atoms with Crippen molar-refractivity contribution in [2.45, 2.75) is 71.3 Å². The van der Waals surface area contributed by atoms with E-state index >= 15 is 0 Å². The Bertz CT molecular complexity index is 433. The second kappa shape index (κ2) is 10.6. The molecule has 1 aromatic rings. The molecule has 6 nitrogen and oxygen atoms in total. The van der Waals surface area contributed by atoms with Crippen molar-refractivity contribution in [3.63, 3.8) is 0 Å². The molecule has 7 heteroatoms. The second-order valence-corrected chi connectivity index (χ2v) is 5.55. The zero-order chi connectivity index (χ0) is 15.7. The average Bonchev–Trinajstić information content (AvgIpc) is 2.93. The molecule has 0 aliphatic heterocycles. The summed E-state index contributed by atoms with van der Waals surface area (Å²) in [6, 6.07) is 0. The molecule has 1 heterocycles. The van der Waals surface area contributed by atoms with Gasteiger partial charge < -0.3 is 15.6 Å². The van der Waals surface area contributed by atoms with Gasteiger partial charge in [-0.05, 0) is 25.7 Å². The number of rotatable bonds is 10. The minimum absolute atomic E-state index is 0. The van der Waals surface area contributed by atoms with Crippen LogP contribution in [0, 0.1) is 0 Å². The van der Waals surface area contributed by atoms with Crippen molar-refractivity contribution in [1.29, 1.82) is 0 Å². The number of carbonyl (C=O) groups is 1. The third kappa shape index (κ3) is 7.22. The van der Waals surface area contributed by atoms with Crippen LogP contribution in [0.3, 0.4) is 0 Å². The topological polar surface area (TPSA) is 94.0 Å². The lowest BCUT2D eigenvalue weighted by Crippen LogP contribution is -2.49. The molecule has 1 rings (SSSR count). The minimum Gasteiger partial charge on any atom is -0.354 e. The highest BCUT2D eigenvalue weighted by molar-refractivity contribution is 5.85. The van der Waals surface area contributed by atoms with Gasteiger partial charge in [0.2, 0.25) is 11.8 Å². The molecule has 0 unspecified atom stereocenters. The van der Waals surface area contributed by atoms with Gasteiger partial charge in [0.25, 0.3) is 0 Å². The van der Waals surface area contributed by atoms with Crippen molar-refractivity contribution in [1.82, 2.24) is 15.5 Å². The molecule has 1 aromatic heterocycles. The standard InChI is InChI=1S/C15H28N4O2.ClH/c1-4-8-12-18-14(21-19-12)10-7-9-13(20)17-11-15(16,5-2)6-3;/h4-11,16H2,1-3H3,(H,17,20);1H. The Hall–Kier alpha value is -1.14. The fourth-order valence-corrected chi connectivity index (χ4v) is 1.98. The molecule has 128 valence electrons. The smallest absolute Gasteiger partial charge is 0.226 e. The molecule has 3 N–H and O–H groups in total. The number of amides is 1. The second-order valence-electron chi connectivity index (χ2n) is 5.55. The van der Waals surface area contributed by atoms with Gasteiger partial charge in [0.15, 0.2) is 5.82 Å². The van der Waals surface area contributed by atoms with Crippen LogP contribution in [0.4, 0.5) is 0 Å². The highest BCUT2D eigenvalue weighted by atomic mass is 35.5. The molecule has 0 saturated heterocycles. The van der Waals surface area contributed by atoms with Crippen molar-refractivity contribution < 1.29 is 9.32 Å². The van der Waals surface area contributed by atoms with Crippen LogP contribution in [-0.2, 0) is 17.6 Å². The summed E-state index contributed by atoms with van der Waals surface area (Å²) in [7, 11) is 0. The lowest BCUT2D eigenvalue weighted by molar-refractivity contribution is -0.121. The van der Waals surface area contributed by atoms with Crippen molar-refractivity contribution >= 4 is 18.3 Å². The molecule has 0 bridgehead atoms. The summed E-state index contributed by atoms with van der Waals surface area (Å²) in [6.45, 7) is 6.68. The molecule has 0 saturated carbocycles. The number of nitrogens with zero attached hydrogens (tertiary/aromatic N) is 2. The molecule has 22 heavy (non-hydrogen) atoms. The summed E-state index contributed by atoms with van der Waals surface area (Å²) in [5.41, 5.74) is 5.85. The van der Waals surface area contributed by atoms with Crippen LogP contribution in [0.5, 0.6) is 0 Å². The van der Waals surface area contributed by atoms with Crippen molar-refractivity contribution in [3.05, 3.63) is 11.7 Å². The molecule has 0 aliphatic rings. The lowest BCUT2D eigenvalue weighted by Gasteiger charge is -2.26. The van der Waals surface area contributed by atoms with Crippen LogP contribution >= 0.6 is 12.4 Å². The van der Waals surface area contributed by atoms with Crippen molar-refractivity contribution in [3.8, 4) is 0 Å². The fourth-order valence-electron chi connectivity index (χ4n) is 1.98. The minimum atomic E-state index is -0.294. The highest BCUT2D eigenvalue weighted by Crippen LogP contribution is 2.10. The van der Waals surface area contributed by atoms with Gasteiger partial charge >= 0.3 is 0 Å². The SMILES string of the molecule is CCCc1noc(CCCC(=O)NCC(N)(CC)CC)n1.Cl. The highest BCUT2D eigenvalue weighted by Gasteiger charge is 2.20. The normalized spacial score (nSPS) is 11.1. The van der Waals surface area contributed by atoms with E-state index in [0.717, 1.165) is 31.5 Å². The molecule has 0 atom stereocenters. The van der Waals surface area contributed by atoms with Gasteiger partial charge in [0.1, 0.15) is 0 Å². The molecular formula is C15H29ClN4O2. The number of hydrogen-bond donors (Lipinski definition) is 2. The first-order chi connectivity index (χ1) is 10.0.